The zero-order valence-corrected chi connectivity index (χ0v) is 21.0. The van der Waals surface area contributed by atoms with E-state index in [2.05, 4.69) is 4.98 Å². The normalized spacial score (nSPS) is 17.3. The Balaban J connectivity index is 1.76. The highest BCUT2D eigenvalue weighted by molar-refractivity contribution is 6.47. The molecule has 1 atom stereocenters. The number of rotatable bonds is 8. The third-order valence-electron chi connectivity index (χ3n) is 5.68. The van der Waals surface area contributed by atoms with Crippen LogP contribution in [-0.2, 0) is 16.1 Å². The van der Waals surface area contributed by atoms with Crippen molar-refractivity contribution in [3.63, 3.8) is 0 Å². The number of carbonyl (C=O) groups is 2. The zero-order chi connectivity index (χ0) is 25.1. The Labute approximate surface area is 217 Å². The quantitative estimate of drug-likeness (QED) is 0.226. The number of aliphatic hydroxyl groups is 1. The van der Waals surface area contributed by atoms with E-state index in [-0.39, 0.29) is 27.9 Å². The molecule has 2 heterocycles. The highest BCUT2D eigenvalue weighted by atomic mass is 35.5. The minimum Gasteiger partial charge on any atom is -0.507 e. The molecule has 1 saturated heterocycles. The number of hydrogen-bond donors (Lipinski definition) is 1. The van der Waals surface area contributed by atoms with Crippen LogP contribution in [0.2, 0.25) is 15.1 Å². The van der Waals surface area contributed by atoms with Gasteiger partial charge in [-0.2, -0.15) is 0 Å². The van der Waals surface area contributed by atoms with Gasteiger partial charge in [0.25, 0.3) is 11.7 Å². The summed E-state index contributed by atoms with van der Waals surface area (Å²) in [7, 11) is 0. The smallest absolute Gasteiger partial charge is 0.295 e. The zero-order valence-electron chi connectivity index (χ0n) is 18.7. The van der Waals surface area contributed by atoms with Crippen molar-refractivity contribution in [1.29, 1.82) is 0 Å². The summed E-state index contributed by atoms with van der Waals surface area (Å²) in [4.78, 5) is 31.7. The summed E-state index contributed by atoms with van der Waals surface area (Å²) in [5, 5.41) is 12.1. The van der Waals surface area contributed by atoms with Crippen LogP contribution < -0.4 is 4.74 Å². The number of hydrogen-bond acceptors (Lipinski definition) is 5. The molecule has 1 aliphatic heterocycles. The molecule has 0 bridgehead atoms. The predicted molar refractivity (Wildman–Crippen MR) is 135 cm³/mol. The molecular weight excluding hydrogens is 513 g/mol. The van der Waals surface area contributed by atoms with Gasteiger partial charge in [0.2, 0.25) is 0 Å². The van der Waals surface area contributed by atoms with E-state index in [9.17, 15) is 14.7 Å². The van der Waals surface area contributed by atoms with Crippen LogP contribution in [0, 0.1) is 0 Å². The maximum atomic E-state index is 13.2. The number of halogens is 3. The highest BCUT2D eigenvalue weighted by Crippen LogP contribution is 2.41. The van der Waals surface area contributed by atoms with E-state index < -0.39 is 17.7 Å². The number of imidazole rings is 1. The van der Waals surface area contributed by atoms with E-state index in [1.165, 1.54) is 11.0 Å². The van der Waals surface area contributed by atoms with E-state index in [1.54, 1.807) is 42.9 Å². The van der Waals surface area contributed by atoms with Crippen LogP contribution >= 0.6 is 34.8 Å². The van der Waals surface area contributed by atoms with Gasteiger partial charge in [0.1, 0.15) is 11.5 Å². The fraction of sp³-hybridized carbons (Fsp3) is 0.240. The van der Waals surface area contributed by atoms with Crippen LogP contribution in [0.1, 0.15) is 30.5 Å². The van der Waals surface area contributed by atoms with Gasteiger partial charge in [0, 0.05) is 31.0 Å². The molecular formula is C25H22Cl3N3O4. The van der Waals surface area contributed by atoms with Gasteiger partial charge >= 0.3 is 0 Å². The maximum Gasteiger partial charge on any atom is 0.295 e. The minimum absolute atomic E-state index is 0.0451. The first-order chi connectivity index (χ1) is 16.8. The topological polar surface area (TPSA) is 84.7 Å². The lowest BCUT2D eigenvalue weighted by Gasteiger charge is -2.25. The van der Waals surface area contributed by atoms with Gasteiger partial charge in [-0.3, -0.25) is 9.59 Å². The molecule has 1 aliphatic rings. The van der Waals surface area contributed by atoms with E-state index in [1.807, 2.05) is 17.7 Å². The van der Waals surface area contributed by atoms with Gasteiger partial charge in [-0.15, -0.1) is 0 Å². The number of Topliss-reactive ketones (excluding diaryl/α,β-unsaturated/α-hetero) is 1. The molecule has 4 rings (SSSR count). The predicted octanol–water partition coefficient (Wildman–Crippen LogP) is 5.75. The molecule has 182 valence electrons. The van der Waals surface area contributed by atoms with Crippen molar-refractivity contribution in [2.45, 2.75) is 25.9 Å². The van der Waals surface area contributed by atoms with Crippen LogP contribution in [0.25, 0.3) is 5.76 Å². The molecule has 0 spiro atoms. The minimum atomic E-state index is -0.849. The van der Waals surface area contributed by atoms with Crippen LogP contribution in [0.4, 0.5) is 0 Å². The first kappa shape index (κ1) is 25.1. The van der Waals surface area contributed by atoms with E-state index in [0.717, 1.165) is 0 Å². The monoisotopic (exact) mass is 533 g/mol. The van der Waals surface area contributed by atoms with Crippen molar-refractivity contribution in [1.82, 2.24) is 14.5 Å². The van der Waals surface area contributed by atoms with Crippen LogP contribution in [0.15, 0.2) is 60.7 Å². The summed E-state index contributed by atoms with van der Waals surface area (Å²) in [5.41, 5.74) is 0.802. The van der Waals surface area contributed by atoms with Crippen molar-refractivity contribution in [2.75, 3.05) is 13.2 Å². The molecule has 7 nitrogen and oxygen atoms in total. The summed E-state index contributed by atoms with van der Waals surface area (Å²) in [5.74, 6) is -1.37. The van der Waals surface area contributed by atoms with Gasteiger partial charge in [-0.25, -0.2) is 4.98 Å². The first-order valence-corrected chi connectivity index (χ1v) is 12.1. The number of aromatic nitrogens is 2. The number of ketones is 1. The number of likely N-dealkylation sites (tertiary alicyclic amines) is 1. The molecule has 1 amide bonds. The van der Waals surface area contributed by atoms with Crippen molar-refractivity contribution in [2.24, 2.45) is 0 Å². The average Bonchev–Trinajstić information content (AvgIpc) is 3.44. The number of aryl methyl sites for hydroxylation is 1. The van der Waals surface area contributed by atoms with E-state index in [4.69, 9.17) is 39.5 Å². The van der Waals surface area contributed by atoms with Gasteiger partial charge in [-0.05, 0) is 49.2 Å². The second kappa shape index (κ2) is 10.7. The first-order valence-electron chi connectivity index (χ1n) is 10.9. The van der Waals surface area contributed by atoms with Crippen LogP contribution in [0.5, 0.6) is 5.75 Å². The second-order valence-corrected chi connectivity index (χ2v) is 9.12. The number of aliphatic hydroxyl groups excluding tert-OH is 1. The summed E-state index contributed by atoms with van der Waals surface area (Å²) in [6.45, 7) is 3.13. The Morgan fingerprint density at radius 1 is 1.06 bits per heavy atom. The SMILES string of the molecule is CCOc1ccc(C(O)=C2C(=O)C(=O)N(CCCn3ccnc3)[C@@H]2c2ccc(Cl)c(Cl)c2)cc1Cl. The largest absolute Gasteiger partial charge is 0.507 e. The third kappa shape index (κ3) is 5.17. The number of carbonyl (C=O) groups excluding carboxylic acids is 2. The lowest BCUT2D eigenvalue weighted by Crippen LogP contribution is -2.31. The molecule has 1 fully saturated rings. The van der Waals surface area contributed by atoms with Gasteiger partial charge in [0.15, 0.2) is 0 Å². The number of amides is 1. The van der Waals surface area contributed by atoms with Gasteiger partial charge < -0.3 is 19.3 Å². The molecule has 2 aromatic carbocycles. The number of benzene rings is 2. The Hall–Kier alpha value is -3.00. The lowest BCUT2D eigenvalue weighted by molar-refractivity contribution is -0.139. The number of nitrogens with zero attached hydrogens (tertiary/aromatic N) is 3. The molecule has 0 radical (unpaired) electrons. The van der Waals surface area contributed by atoms with Gasteiger partial charge in [-0.1, -0.05) is 40.9 Å². The second-order valence-electron chi connectivity index (χ2n) is 7.90. The van der Waals surface area contributed by atoms with Crippen LogP contribution in [0.3, 0.4) is 0 Å². The summed E-state index contributed by atoms with van der Waals surface area (Å²) in [6, 6.07) is 8.73. The van der Waals surface area contributed by atoms with Crippen molar-refractivity contribution < 1.29 is 19.4 Å². The van der Waals surface area contributed by atoms with Gasteiger partial charge in [0.05, 0.1) is 39.6 Å². The van der Waals surface area contributed by atoms with Crippen molar-refractivity contribution in [3.05, 3.63) is 86.9 Å². The maximum absolute atomic E-state index is 13.2. The Bertz CT molecular complexity index is 1290. The van der Waals surface area contributed by atoms with E-state index in [0.29, 0.717) is 41.5 Å². The molecule has 0 aliphatic carbocycles. The Morgan fingerprint density at radius 2 is 1.86 bits per heavy atom. The summed E-state index contributed by atoms with van der Waals surface area (Å²) >= 11 is 18.7. The molecule has 1 N–H and O–H groups in total. The fourth-order valence-electron chi connectivity index (χ4n) is 4.06. The lowest BCUT2D eigenvalue weighted by atomic mass is 9.95. The average molecular weight is 535 g/mol. The molecule has 3 aromatic rings. The standard InChI is InChI=1S/C25H22Cl3N3O4/c1-2-35-20-7-5-16(13-19(20)28)23(32)21-22(15-4-6-17(26)18(27)12-15)31(25(34)24(21)33)10-3-9-30-11-8-29-14-30/h4-8,11-14,22,32H,2-3,9-10H2,1H3/t22-/m1/s1. The highest BCUT2D eigenvalue weighted by Gasteiger charge is 2.46. The summed E-state index contributed by atoms with van der Waals surface area (Å²) in [6.07, 6.45) is 5.74. The van der Waals surface area contributed by atoms with Crippen molar-refractivity contribution >= 4 is 52.3 Å². The molecule has 1 aromatic heterocycles. The molecule has 0 saturated carbocycles. The fourth-order valence-corrected chi connectivity index (χ4v) is 4.60. The van der Waals surface area contributed by atoms with Crippen molar-refractivity contribution in [3.8, 4) is 5.75 Å². The Morgan fingerprint density at radius 3 is 2.51 bits per heavy atom. The number of ether oxygens (including phenoxy) is 1. The van der Waals surface area contributed by atoms with Crippen LogP contribution in [-0.4, -0.2) is 44.4 Å². The Kier molecular flexibility index (Phi) is 7.69. The summed E-state index contributed by atoms with van der Waals surface area (Å²) < 4.78 is 7.33. The molecule has 0 unspecified atom stereocenters. The molecule has 10 heteroatoms. The molecule has 35 heavy (non-hydrogen) atoms. The third-order valence-corrected chi connectivity index (χ3v) is 6.71. The van der Waals surface area contributed by atoms with E-state index >= 15 is 0 Å².